The van der Waals surface area contributed by atoms with E-state index in [-0.39, 0.29) is 12.0 Å². The van der Waals surface area contributed by atoms with Gasteiger partial charge < -0.3 is 15.5 Å². The van der Waals surface area contributed by atoms with Gasteiger partial charge in [0.05, 0.1) is 5.56 Å². The average molecular weight is 387 g/mol. The Morgan fingerprint density at radius 3 is 2.22 bits per heavy atom. The third-order valence-electron chi connectivity index (χ3n) is 4.07. The van der Waals surface area contributed by atoms with Crippen molar-refractivity contribution < 1.29 is 33.0 Å². The Labute approximate surface area is 155 Å². The molecule has 8 heteroatoms. The number of carboxylic acid groups (broad SMARTS) is 1. The van der Waals surface area contributed by atoms with Crippen molar-refractivity contribution in [1.82, 2.24) is 5.32 Å². The number of rotatable bonds is 11. The number of alkyl halides is 3. The molecule has 0 saturated heterocycles. The molecule has 150 valence electrons. The summed E-state index contributed by atoms with van der Waals surface area (Å²) < 4.78 is 37.6. The molecule has 1 aromatic carbocycles. The molecule has 0 radical (unpaired) electrons. The first-order valence-electron chi connectivity index (χ1n) is 8.66. The van der Waals surface area contributed by atoms with E-state index < -0.39 is 35.8 Å². The number of carbonyl (C=O) groups is 2. The second-order valence-electron chi connectivity index (χ2n) is 6.20. The lowest BCUT2D eigenvalue weighted by Gasteiger charge is -2.18. The molecule has 2 atom stereocenters. The fourth-order valence-electron chi connectivity index (χ4n) is 2.50. The second-order valence-corrected chi connectivity index (χ2v) is 6.20. The molecule has 3 N–H and O–H groups in total. The molecule has 27 heavy (non-hydrogen) atoms. The van der Waals surface area contributed by atoms with Gasteiger partial charge in [0.2, 0.25) is 0 Å². The number of allylic oxidation sites excluding steroid dienone is 1. The molecule has 0 spiro atoms. The summed E-state index contributed by atoms with van der Waals surface area (Å²) in [5, 5.41) is 21.4. The number of carboxylic acids is 1. The van der Waals surface area contributed by atoms with Crippen LogP contribution in [0.5, 0.6) is 0 Å². The van der Waals surface area contributed by atoms with Gasteiger partial charge in [0.15, 0.2) is 6.10 Å². The van der Waals surface area contributed by atoms with E-state index in [1.807, 2.05) is 6.08 Å². The lowest BCUT2D eigenvalue weighted by molar-refractivity contribution is -0.143. The van der Waals surface area contributed by atoms with Gasteiger partial charge in [-0.3, -0.25) is 4.79 Å². The van der Waals surface area contributed by atoms with Gasteiger partial charge >= 0.3 is 12.1 Å². The van der Waals surface area contributed by atoms with Crippen molar-refractivity contribution in [2.75, 3.05) is 0 Å². The van der Waals surface area contributed by atoms with Crippen molar-refractivity contribution in [3.8, 4) is 0 Å². The maximum Gasteiger partial charge on any atom is 0.416 e. The molecule has 0 aliphatic rings. The number of hydrogen-bond donors (Lipinski definition) is 3. The third kappa shape index (κ3) is 7.82. The molecule has 1 amide bonds. The third-order valence-corrected chi connectivity index (χ3v) is 4.07. The highest BCUT2D eigenvalue weighted by atomic mass is 19.4. The number of aliphatic hydroxyl groups is 1. The SMILES string of the molecule is C=CCCCCCC[C@H](NC(=O)[C@@H](O)c1ccc(C(F)(F)F)cc1)C(=O)O. The summed E-state index contributed by atoms with van der Waals surface area (Å²) in [5.74, 6) is -2.19. The van der Waals surface area contributed by atoms with Gasteiger partial charge in [-0.15, -0.1) is 6.58 Å². The van der Waals surface area contributed by atoms with E-state index in [0.717, 1.165) is 49.9 Å². The lowest BCUT2D eigenvalue weighted by Crippen LogP contribution is -2.43. The number of benzene rings is 1. The summed E-state index contributed by atoms with van der Waals surface area (Å²) in [6, 6.07) is 2.32. The molecule has 0 unspecified atom stereocenters. The number of halogens is 3. The summed E-state index contributed by atoms with van der Waals surface area (Å²) in [6.07, 6.45) is -0.107. The van der Waals surface area contributed by atoms with Crippen LogP contribution in [0.25, 0.3) is 0 Å². The Morgan fingerprint density at radius 1 is 1.11 bits per heavy atom. The summed E-state index contributed by atoms with van der Waals surface area (Å²) >= 11 is 0. The minimum atomic E-state index is -4.52. The summed E-state index contributed by atoms with van der Waals surface area (Å²) in [5.41, 5.74) is -0.951. The first kappa shape index (κ1) is 22.7. The van der Waals surface area contributed by atoms with E-state index in [2.05, 4.69) is 11.9 Å². The van der Waals surface area contributed by atoms with Crippen molar-refractivity contribution >= 4 is 11.9 Å². The van der Waals surface area contributed by atoms with Crippen LogP contribution < -0.4 is 5.32 Å². The fourth-order valence-corrected chi connectivity index (χ4v) is 2.50. The van der Waals surface area contributed by atoms with E-state index in [1.165, 1.54) is 0 Å². The van der Waals surface area contributed by atoms with Gasteiger partial charge in [0.1, 0.15) is 6.04 Å². The van der Waals surface area contributed by atoms with E-state index in [4.69, 9.17) is 0 Å². The number of aliphatic carboxylic acids is 1. The van der Waals surface area contributed by atoms with Crippen LogP contribution in [-0.4, -0.2) is 28.1 Å². The Balaban J connectivity index is 2.59. The zero-order valence-corrected chi connectivity index (χ0v) is 14.8. The zero-order chi connectivity index (χ0) is 20.4. The van der Waals surface area contributed by atoms with Crippen molar-refractivity contribution in [2.24, 2.45) is 0 Å². The van der Waals surface area contributed by atoms with Crippen LogP contribution in [0.15, 0.2) is 36.9 Å². The highest BCUT2D eigenvalue weighted by molar-refractivity contribution is 5.86. The number of unbranched alkanes of at least 4 members (excludes halogenated alkanes) is 4. The Morgan fingerprint density at radius 2 is 1.70 bits per heavy atom. The predicted octanol–water partition coefficient (Wildman–Crippen LogP) is 3.83. The minimum Gasteiger partial charge on any atom is -0.480 e. The Kier molecular flexibility index (Phi) is 9.00. The second kappa shape index (κ2) is 10.7. The summed E-state index contributed by atoms with van der Waals surface area (Å²) in [6.45, 7) is 3.62. The molecule has 0 aliphatic carbocycles. The number of hydrogen-bond acceptors (Lipinski definition) is 3. The van der Waals surface area contributed by atoms with Crippen LogP contribution in [0, 0.1) is 0 Å². The molecule has 0 fully saturated rings. The molecule has 1 rings (SSSR count). The smallest absolute Gasteiger partial charge is 0.416 e. The average Bonchev–Trinajstić information content (AvgIpc) is 2.62. The van der Waals surface area contributed by atoms with Crippen molar-refractivity contribution in [3.05, 3.63) is 48.0 Å². The molecule has 1 aromatic rings. The largest absolute Gasteiger partial charge is 0.480 e. The van der Waals surface area contributed by atoms with Crippen LogP contribution in [0.4, 0.5) is 13.2 Å². The van der Waals surface area contributed by atoms with Gasteiger partial charge in [-0.25, -0.2) is 4.79 Å². The maximum absolute atomic E-state index is 12.5. The molecule has 0 aliphatic heterocycles. The predicted molar refractivity (Wildman–Crippen MR) is 93.9 cm³/mol. The van der Waals surface area contributed by atoms with Crippen molar-refractivity contribution in [1.29, 1.82) is 0 Å². The molecule has 0 aromatic heterocycles. The quantitative estimate of drug-likeness (QED) is 0.398. The van der Waals surface area contributed by atoms with Gasteiger partial charge in [-0.1, -0.05) is 37.5 Å². The van der Waals surface area contributed by atoms with Gasteiger partial charge in [0, 0.05) is 0 Å². The molecule has 0 saturated carbocycles. The zero-order valence-electron chi connectivity index (χ0n) is 14.8. The van der Waals surface area contributed by atoms with Crippen LogP contribution in [0.3, 0.4) is 0 Å². The monoisotopic (exact) mass is 387 g/mol. The number of nitrogens with one attached hydrogen (secondary N) is 1. The van der Waals surface area contributed by atoms with E-state index in [0.29, 0.717) is 6.42 Å². The van der Waals surface area contributed by atoms with Crippen LogP contribution in [0.1, 0.15) is 55.8 Å². The summed E-state index contributed by atoms with van der Waals surface area (Å²) in [7, 11) is 0. The molecular weight excluding hydrogens is 363 g/mol. The van der Waals surface area contributed by atoms with E-state index in [9.17, 15) is 33.0 Å². The standard InChI is InChI=1S/C19H24F3NO4/c1-2-3-4-5-6-7-8-15(18(26)27)23-17(25)16(24)13-9-11-14(12-10-13)19(20,21)22/h2,9-12,15-16,24H,1,3-8H2,(H,23,25)(H,26,27)/t15-,16-/m0/s1. The molecule has 0 heterocycles. The Hall–Kier alpha value is -2.35. The lowest BCUT2D eigenvalue weighted by atomic mass is 10.0. The van der Waals surface area contributed by atoms with Gasteiger partial charge in [-0.05, 0) is 37.0 Å². The number of carbonyl (C=O) groups excluding carboxylic acids is 1. The number of amides is 1. The molecular formula is C19H24F3NO4. The first-order valence-corrected chi connectivity index (χ1v) is 8.66. The van der Waals surface area contributed by atoms with E-state index in [1.54, 1.807) is 0 Å². The van der Waals surface area contributed by atoms with Gasteiger partial charge in [0.25, 0.3) is 5.91 Å². The summed E-state index contributed by atoms with van der Waals surface area (Å²) in [4.78, 5) is 23.3. The van der Waals surface area contributed by atoms with Crippen LogP contribution in [-0.2, 0) is 15.8 Å². The first-order chi connectivity index (χ1) is 12.7. The van der Waals surface area contributed by atoms with Crippen molar-refractivity contribution in [3.63, 3.8) is 0 Å². The highest BCUT2D eigenvalue weighted by Crippen LogP contribution is 2.30. The maximum atomic E-state index is 12.5. The molecule has 0 bridgehead atoms. The topological polar surface area (TPSA) is 86.6 Å². The fraction of sp³-hybridized carbons (Fsp3) is 0.474. The minimum absolute atomic E-state index is 0.0472. The normalized spacial score (nSPS) is 13.6. The molecule has 5 nitrogen and oxygen atoms in total. The van der Waals surface area contributed by atoms with Gasteiger partial charge in [-0.2, -0.15) is 13.2 Å². The number of aliphatic hydroxyl groups excluding tert-OH is 1. The van der Waals surface area contributed by atoms with E-state index >= 15 is 0 Å². The van der Waals surface area contributed by atoms with Crippen molar-refractivity contribution in [2.45, 2.75) is 56.8 Å². The Bertz CT molecular complexity index is 629. The van der Waals surface area contributed by atoms with Crippen LogP contribution in [0.2, 0.25) is 0 Å². The highest BCUT2D eigenvalue weighted by Gasteiger charge is 2.31. The van der Waals surface area contributed by atoms with Crippen LogP contribution >= 0.6 is 0 Å².